The quantitative estimate of drug-likeness (QED) is 0.480. The molecule has 0 atom stereocenters. The Morgan fingerprint density at radius 2 is 1.43 bits per heavy atom. The van der Waals surface area contributed by atoms with E-state index in [0.717, 1.165) is 18.2 Å². The van der Waals surface area contributed by atoms with Crippen LogP contribution in [0.25, 0.3) is 11.0 Å². The van der Waals surface area contributed by atoms with Crippen molar-refractivity contribution >= 4 is 34.2 Å². The van der Waals surface area contributed by atoms with Gasteiger partial charge in [-0.3, -0.25) is 14.8 Å². The molecule has 2 amide bonds. The largest absolute Gasteiger partial charge is 0.323 e. The molecule has 4 aromatic rings. The van der Waals surface area contributed by atoms with Crippen LogP contribution >= 0.6 is 0 Å². The van der Waals surface area contributed by atoms with Crippen LogP contribution in [0.1, 0.15) is 15.9 Å². The normalized spacial score (nSPS) is 10.6. The number of rotatable bonds is 4. The Morgan fingerprint density at radius 3 is 2.23 bits per heavy atom. The standard InChI is InChI=1S/C22H14F2N4O2/c23-15-2-1-3-17(11-15)27-22(30)28-18-9-14(8-16(24)12-18)21(29)13-4-5-19-20(10-13)26-7-6-25-19/h1-12H,(H2,27,28,30). The number of hydrogen-bond donors (Lipinski definition) is 2. The van der Waals surface area contributed by atoms with Crippen LogP contribution in [0, 0.1) is 11.6 Å². The first-order valence-corrected chi connectivity index (χ1v) is 8.87. The van der Waals surface area contributed by atoms with Gasteiger partial charge in [-0.15, -0.1) is 0 Å². The number of hydrogen-bond acceptors (Lipinski definition) is 4. The Kier molecular flexibility index (Phi) is 5.13. The lowest BCUT2D eigenvalue weighted by Crippen LogP contribution is -2.20. The van der Waals surface area contributed by atoms with Gasteiger partial charge in [-0.1, -0.05) is 6.07 Å². The zero-order valence-electron chi connectivity index (χ0n) is 15.4. The van der Waals surface area contributed by atoms with Gasteiger partial charge in [-0.25, -0.2) is 13.6 Å². The second-order valence-corrected chi connectivity index (χ2v) is 6.41. The van der Waals surface area contributed by atoms with Crippen LogP contribution in [0.15, 0.2) is 73.1 Å². The second kappa shape index (κ2) is 8.04. The van der Waals surface area contributed by atoms with Crippen molar-refractivity contribution in [2.75, 3.05) is 10.6 Å². The lowest BCUT2D eigenvalue weighted by molar-refractivity contribution is 0.103. The number of urea groups is 1. The van der Waals surface area contributed by atoms with Crippen LogP contribution < -0.4 is 10.6 Å². The van der Waals surface area contributed by atoms with E-state index in [1.807, 2.05) is 0 Å². The van der Waals surface area contributed by atoms with Crippen molar-refractivity contribution in [3.8, 4) is 0 Å². The Morgan fingerprint density at radius 1 is 0.700 bits per heavy atom. The second-order valence-electron chi connectivity index (χ2n) is 6.41. The summed E-state index contributed by atoms with van der Waals surface area (Å²) < 4.78 is 27.3. The van der Waals surface area contributed by atoms with Crippen molar-refractivity contribution in [1.82, 2.24) is 9.97 Å². The van der Waals surface area contributed by atoms with Crippen LogP contribution in [-0.2, 0) is 0 Å². The van der Waals surface area contributed by atoms with Gasteiger partial charge in [0.05, 0.1) is 11.0 Å². The van der Waals surface area contributed by atoms with Crippen molar-refractivity contribution in [3.05, 3.63) is 95.8 Å². The molecule has 30 heavy (non-hydrogen) atoms. The summed E-state index contributed by atoms with van der Waals surface area (Å²) in [5, 5.41) is 4.88. The average molecular weight is 404 g/mol. The Hall–Kier alpha value is -4.20. The molecule has 1 aromatic heterocycles. The number of anilines is 2. The van der Waals surface area contributed by atoms with E-state index in [4.69, 9.17) is 0 Å². The molecule has 0 saturated carbocycles. The Balaban J connectivity index is 1.56. The number of nitrogens with one attached hydrogen (secondary N) is 2. The van der Waals surface area contributed by atoms with E-state index >= 15 is 0 Å². The first kappa shape index (κ1) is 19.1. The van der Waals surface area contributed by atoms with Crippen LogP contribution in [-0.4, -0.2) is 21.8 Å². The molecule has 148 valence electrons. The fourth-order valence-electron chi connectivity index (χ4n) is 2.92. The number of nitrogens with zero attached hydrogens (tertiary/aromatic N) is 2. The summed E-state index contributed by atoms with van der Waals surface area (Å²) >= 11 is 0. The number of benzene rings is 3. The molecular formula is C22H14F2N4O2. The smallest absolute Gasteiger partial charge is 0.308 e. The summed E-state index contributed by atoms with van der Waals surface area (Å²) in [5.41, 5.74) is 1.84. The van der Waals surface area contributed by atoms with E-state index in [9.17, 15) is 18.4 Å². The summed E-state index contributed by atoms with van der Waals surface area (Å²) in [6.45, 7) is 0. The molecule has 0 saturated heterocycles. The molecule has 6 nitrogen and oxygen atoms in total. The highest BCUT2D eigenvalue weighted by atomic mass is 19.1. The maximum Gasteiger partial charge on any atom is 0.323 e. The van der Waals surface area contributed by atoms with Gasteiger partial charge >= 0.3 is 6.03 Å². The van der Waals surface area contributed by atoms with Crippen LogP contribution in [0.2, 0.25) is 0 Å². The molecule has 8 heteroatoms. The maximum absolute atomic E-state index is 14.1. The molecule has 0 bridgehead atoms. The monoisotopic (exact) mass is 404 g/mol. The Labute approximate surface area is 169 Å². The number of aromatic nitrogens is 2. The van der Waals surface area contributed by atoms with Gasteiger partial charge in [0, 0.05) is 34.9 Å². The fourth-order valence-corrected chi connectivity index (χ4v) is 2.92. The first-order chi connectivity index (χ1) is 14.5. The van der Waals surface area contributed by atoms with E-state index in [-0.39, 0.29) is 16.9 Å². The first-order valence-electron chi connectivity index (χ1n) is 8.87. The minimum absolute atomic E-state index is 0.0549. The SMILES string of the molecule is O=C(Nc1cccc(F)c1)Nc1cc(F)cc(C(=O)c2ccc3nccnc3c2)c1. The van der Waals surface area contributed by atoms with E-state index in [1.54, 1.807) is 24.4 Å². The van der Waals surface area contributed by atoms with Gasteiger partial charge < -0.3 is 10.6 Å². The summed E-state index contributed by atoms with van der Waals surface area (Å²) in [4.78, 5) is 33.3. The highest BCUT2D eigenvalue weighted by Crippen LogP contribution is 2.20. The predicted octanol–water partition coefficient (Wildman–Crippen LogP) is 4.78. The minimum Gasteiger partial charge on any atom is -0.308 e. The van der Waals surface area contributed by atoms with E-state index < -0.39 is 23.4 Å². The predicted molar refractivity (Wildman–Crippen MR) is 108 cm³/mol. The van der Waals surface area contributed by atoms with Gasteiger partial charge in [-0.2, -0.15) is 0 Å². The molecule has 2 N–H and O–H groups in total. The molecule has 3 aromatic carbocycles. The van der Waals surface area contributed by atoms with Crippen LogP contribution in [0.5, 0.6) is 0 Å². The highest BCUT2D eigenvalue weighted by molar-refractivity contribution is 6.11. The molecule has 0 fully saturated rings. The van der Waals surface area contributed by atoms with Crippen molar-refractivity contribution in [1.29, 1.82) is 0 Å². The number of amides is 2. The summed E-state index contributed by atoms with van der Waals surface area (Å²) in [7, 11) is 0. The number of ketones is 1. The summed E-state index contributed by atoms with van der Waals surface area (Å²) in [6.07, 6.45) is 3.06. The molecule has 0 spiro atoms. The number of carbonyl (C=O) groups is 2. The lowest BCUT2D eigenvalue weighted by Gasteiger charge is -2.10. The zero-order valence-corrected chi connectivity index (χ0v) is 15.4. The van der Waals surface area contributed by atoms with Crippen LogP contribution in [0.3, 0.4) is 0 Å². The van der Waals surface area contributed by atoms with E-state index in [0.29, 0.717) is 16.6 Å². The number of carbonyl (C=O) groups excluding carboxylic acids is 2. The third kappa shape index (κ3) is 4.27. The fraction of sp³-hybridized carbons (Fsp3) is 0. The van der Waals surface area contributed by atoms with Crippen molar-refractivity contribution in [3.63, 3.8) is 0 Å². The molecule has 0 aliphatic rings. The van der Waals surface area contributed by atoms with Gasteiger partial charge in [0.2, 0.25) is 0 Å². The molecule has 0 aliphatic heterocycles. The van der Waals surface area contributed by atoms with E-state index in [1.165, 1.54) is 30.5 Å². The number of halogens is 2. The average Bonchev–Trinajstić information content (AvgIpc) is 2.72. The van der Waals surface area contributed by atoms with Crippen molar-refractivity contribution in [2.45, 2.75) is 0 Å². The highest BCUT2D eigenvalue weighted by Gasteiger charge is 2.14. The molecular weight excluding hydrogens is 390 g/mol. The lowest BCUT2D eigenvalue weighted by atomic mass is 10.0. The third-order valence-corrected chi connectivity index (χ3v) is 4.23. The van der Waals surface area contributed by atoms with Crippen LogP contribution in [0.4, 0.5) is 25.0 Å². The van der Waals surface area contributed by atoms with Gasteiger partial charge in [0.15, 0.2) is 5.78 Å². The summed E-state index contributed by atoms with van der Waals surface area (Å²) in [5.74, 6) is -1.63. The maximum atomic E-state index is 14.1. The summed E-state index contributed by atoms with van der Waals surface area (Å²) in [6, 6.07) is 12.9. The topological polar surface area (TPSA) is 84.0 Å². The Bertz CT molecular complexity index is 1280. The number of fused-ring (bicyclic) bond motifs is 1. The molecule has 0 unspecified atom stereocenters. The minimum atomic E-state index is -0.703. The van der Waals surface area contributed by atoms with Gasteiger partial charge in [-0.05, 0) is 54.6 Å². The van der Waals surface area contributed by atoms with E-state index in [2.05, 4.69) is 20.6 Å². The molecule has 4 rings (SSSR count). The molecule has 1 heterocycles. The van der Waals surface area contributed by atoms with Crippen molar-refractivity contribution < 1.29 is 18.4 Å². The zero-order chi connectivity index (χ0) is 21.1. The molecule has 0 radical (unpaired) electrons. The third-order valence-electron chi connectivity index (χ3n) is 4.23. The van der Waals surface area contributed by atoms with Crippen molar-refractivity contribution in [2.24, 2.45) is 0 Å². The van der Waals surface area contributed by atoms with Gasteiger partial charge in [0.25, 0.3) is 0 Å². The van der Waals surface area contributed by atoms with Gasteiger partial charge in [0.1, 0.15) is 11.6 Å². The molecule has 0 aliphatic carbocycles.